The van der Waals surface area contributed by atoms with Gasteiger partial charge in [0.15, 0.2) is 0 Å². The van der Waals surface area contributed by atoms with Crippen LogP contribution in [0, 0.1) is 10.1 Å². The first-order chi connectivity index (χ1) is 14.1. The molecule has 4 rings (SSSR count). The maximum absolute atomic E-state index is 13.2. The summed E-state index contributed by atoms with van der Waals surface area (Å²) in [6.45, 7) is 2.21. The minimum absolute atomic E-state index is 0.0214. The van der Waals surface area contributed by atoms with Crippen molar-refractivity contribution < 1.29 is 9.72 Å². The summed E-state index contributed by atoms with van der Waals surface area (Å²) < 4.78 is 0. The molecule has 146 valence electrons. The second-order valence-corrected chi connectivity index (χ2v) is 7.01. The number of hydrogen-bond acceptors (Lipinski definition) is 4. The number of hydrogen-bond donors (Lipinski definition) is 0. The van der Waals surface area contributed by atoms with Crippen LogP contribution in [0.1, 0.15) is 22.3 Å². The molecule has 0 spiro atoms. The van der Waals surface area contributed by atoms with Crippen LogP contribution in [0.2, 0.25) is 0 Å². The van der Waals surface area contributed by atoms with Crippen LogP contribution in [0.25, 0.3) is 0 Å². The maximum atomic E-state index is 13.2. The van der Waals surface area contributed by atoms with Gasteiger partial charge in [0.25, 0.3) is 11.6 Å². The molecule has 6 heteroatoms. The molecule has 29 heavy (non-hydrogen) atoms. The highest BCUT2D eigenvalue weighted by molar-refractivity contribution is 6.08. The smallest absolute Gasteiger partial charge is 0.269 e. The van der Waals surface area contributed by atoms with Crippen LogP contribution in [0.15, 0.2) is 78.9 Å². The summed E-state index contributed by atoms with van der Waals surface area (Å²) in [5.41, 5.74) is 3.53. The maximum Gasteiger partial charge on any atom is 0.269 e. The van der Waals surface area contributed by atoms with Gasteiger partial charge >= 0.3 is 0 Å². The topological polar surface area (TPSA) is 66.7 Å². The van der Waals surface area contributed by atoms with Crippen molar-refractivity contribution in [2.75, 3.05) is 22.9 Å². The molecule has 1 aliphatic heterocycles. The lowest BCUT2D eigenvalue weighted by Gasteiger charge is -2.27. The number of carbonyl (C=O) groups is 1. The van der Waals surface area contributed by atoms with Gasteiger partial charge in [-0.25, -0.2) is 0 Å². The first kappa shape index (κ1) is 18.7. The van der Waals surface area contributed by atoms with Crippen molar-refractivity contribution in [3.05, 3.63) is 100 Å². The molecule has 0 aromatic heterocycles. The van der Waals surface area contributed by atoms with Gasteiger partial charge in [-0.15, -0.1) is 0 Å². The van der Waals surface area contributed by atoms with E-state index in [1.165, 1.54) is 29.8 Å². The number of non-ortho nitro benzene ring substituents is 1. The van der Waals surface area contributed by atoms with E-state index in [0.717, 1.165) is 30.9 Å². The number of rotatable bonds is 4. The summed E-state index contributed by atoms with van der Waals surface area (Å²) in [6.07, 6.45) is 0.834. The van der Waals surface area contributed by atoms with Crippen LogP contribution in [0.3, 0.4) is 0 Å². The van der Waals surface area contributed by atoms with Gasteiger partial charge in [-0.05, 0) is 36.2 Å². The molecular weight excluding hydrogens is 366 g/mol. The fraction of sp³-hybridized carbons (Fsp3) is 0.174. The van der Waals surface area contributed by atoms with E-state index in [1.807, 2.05) is 42.5 Å². The Bertz CT molecular complexity index is 1020. The van der Waals surface area contributed by atoms with Crippen molar-refractivity contribution in [1.29, 1.82) is 0 Å². The Balaban J connectivity index is 1.64. The number of fused-ring (bicyclic) bond motifs is 1. The number of amides is 1. The molecule has 0 saturated heterocycles. The number of nitro benzene ring substituents is 1. The highest BCUT2D eigenvalue weighted by Gasteiger charge is 2.25. The number of nitro groups is 1. The van der Waals surface area contributed by atoms with Crippen molar-refractivity contribution in [2.45, 2.75) is 13.0 Å². The van der Waals surface area contributed by atoms with E-state index in [4.69, 9.17) is 0 Å². The molecule has 6 nitrogen and oxygen atoms in total. The SMILES string of the molecule is O=C(c1ccc([N+](=O)[O-])cc1)N1CCCN(Cc2ccccc2)c2ccccc21. The van der Waals surface area contributed by atoms with Gasteiger partial charge in [0.05, 0.1) is 16.3 Å². The minimum atomic E-state index is -0.461. The van der Waals surface area contributed by atoms with Gasteiger partial charge in [-0.3, -0.25) is 14.9 Å². The fourth-order valence-corrected chi connectivity index (χ4v) is 3.68. The monoisotopic (exact) mass is 387 g/mol. The Morgan fingerprint density at radius 3 is 2.21 bits per heavy atom. The van der Waals surface area contributed by atoms with Gasteiger partial charge in [-0.2, -0.15) is 0 Å². The van der Waals surface area contributed by atoms with Crippen molar-refractivity contribution in [2.24, 2.45) is 0 Å². The minimum Gasteiger partial charge on any atom is -0.365 e. The first-order valence-electron chi connectivity index (χ1n) is 9.58. The second kappa shape index (κ2) is 8.14. The normalized spacial score (nSPS) is 13.5. The summed E-state index contributed by atoms with van der Waals surface area (Å²) in [7, 11) is 0. The zero-order valence-electron chi connectivity index (χ0n) is 15.9. The zero-order chi connectivity index (χ0) is 20.2. The largest absolute Gasteiger partial charge is 0.365 e. The van der Waals surface area contributed by atoms with E-state index in [0.29, 0.717) is 12.1 Å². The Kier molecular flexibility index (Phi) is 5.24. The summed E-state index contributed by atoms with van der Waals surface area (Å²) in [5, 5.41) is 10.9. The van der Waals surface area contributed by atoms with Crippen LogP contribution >= 0.6 is 0 Å². The highest BCUT2D eigenvalue weighted by Crippen LogP contribution is 2.34. The number of benzene rings is 3. The Labute approximate surface area is 169 Å². The van der Waals surface area contributed by atoms with E-state index in [1.54, 1.807) is 4.90 Å². The zero-order valence-corrected chi connectivity index (χ0v) is 15.9. The van der Waals surface area contributed by atoms with Crippen LogP contribution < -0.4 is 9.80 Å². The molecule has 1 heterocycles. The van der Waals surface area contributed by atoms with Gasteiger partial charge in [-0.1, -0.05) is 42.5 Å². The molecule has 0 atom stereocenters. The molecule has 0 aliphatic carbocycles. The fourth-order valence-electron chi connectivity index (χ4n) is 3.68. The molecule has 0 radical (unpaired) electrons. The Hall–Kier alpha value is -3.67. The Morgan fingerprint density at radius 1 is 0.862 bits per heavy atom. The number of nitrogens with zero attached hydrogens (tertiary/aromatic N) is 3. The van der Waals surface area contributed by atoms with Crippen LogP contribution in [0.5, 0.6) is 0 Å². The number of carbonyl (C=O) groups excluding carboxylic acids is 1. The predicted octanol–water partition coefficient (Wildman–Crippen LogP) is 4.65. The molecule has 0 bridgehead atoms. The molecule has 1 aliphatic rings. The molecule has 0 fully saturated rings. The molecule has 0 unspecified atom stereocenters. The van der Waals surface area contributed by atoms with Crippen LogP contribution in [0.4, 0.5) is 17.1 Å². The average Bonchev–Trinajstić information content (AvgIpc) is 2.94. The van der Waals surface area contributed by atoms with Crippen LogP contribution in [-0.4, -0.2) is 23.9 Å². The second-order valence-electron chi connectivity index (χ2n) is 7.01. The van der Waals surface area contributed by atoms with E-state index >= 15 is 0 Å². The summed E-state index contributed by atoms with van der Waals surface area (Å²) in [6, 6.07) is 24.0. The lowest BCUT2D eigenvalue weighted by molar-refractivity contribution is -0.384. The van der Waals surface area contributed by atoms with E-state index in [-0.39, 0.29) is 11.6 Å². The molecule has 3 aromatic carbocycles. The molecule has 0 saturated carbocycles. The van der Waals surface area contributed by atoms with Gasteiger partial charge < -0.3 is 9.80 Å². The van der Waals surface area contributed by atoms with Crippen molar-refractivity contribution in [1.82, 2.24) is 0 Å². The van der Waals surface area contributed by atoms with Gasteiger partial charge in [0.1, 0.15) is 0 Å². The van der Waals surface area contributed by atoms with Gasteiger partial charge in [0, 0.05) is 37.3 Å². The third-order valence-corrected chi connectivity index (χ3v) is 5.11. The molecular formula is C23H21N3O3. The summed E-state index contributed by atoms with van der Waals surface area (Å²) in [5.74, 6) is -0.145. The average molecular weight is 387 g/mol. The lowest BCUT2D eigenvalue weighted by atomic mass is 10.1. The number of para-hydroxylation sites is 2. The number of anilines is 2. The first-order valence-corrected chi connectivity index (χ1v) is 9.58. The quantitative estimate of drug-likeness (QED) is 0.483. The van der Waals surface area contributed by atoms with Crippen molar-refractivity contribution >= 4 is 23.0 Å². The predicted molar refractivity (Wildman–Crippen MR) is 113 cm³/mol. The third kappa shape index (κ3) is 3.96. The van der Waals surface area contributed by atoms with E-state index in [9.17, 15) is 14.9 Å². The summed E-state index contributed by atoms with van der Waals surface area (Å²) >= 11 is 0. The van der Waals surface area contributed by atoms with Gasteiger partial charge in [0.2, 0.25) is 0 Å². The third-order valence-electron chi connectivity index (χ3n) is 5.11. The standard InChI is InChI=1S/C23H21N3O3/c27-23(19-11-13-20(14-12-19)26(28)29)25-16-6-15-24(17-18-7-2-1-3-8-18)21-9-4-5-10-22(21)25/h1-5,7-14H,6,15-17H2. The van der Waals surface area contributed by atoms with E-state index < -0.39 is 4.92 Å². The molecule has 3 aromatic rings. The van der Waals surface area contributed by atoms with Crippen molar-refractivity contribution in [3.8, 4) is 0 Å². The van der Waals surface area contributed by atoms with Crippen molar-refractivity contribution in [3.63, 3.8) is 0 Å². The molecule has 1 amide bonds. The summed E-state index contributed by atoms with van der Waals surface area (Å²) in [4.78, 5) is 27.7. The van der Waals surface area contributed by atoms with E-state index in [2.05, 4.69) is 17.0 Å². The lowest BCUT2D eigenvalue weighted by Crippen LogP contribution is -2.31. The highest BCUT2D eigenvalue weighted by atomic mass is 16.6. The van der Waals surface area contributed by atoms with Crippen LogP contribution in [-0.2, 0) is 6.54 Å². The molecule has 0 N–H and O–H groups in total. The Morgan fingerprint density at radius 2 is 1.52 bits per heavy atom.